The second-order valence-electron chi connectivity index (χ2n) is 3.04. The molecule has 0 spiro atoms. The lowest BCUT2D eigenvalue weighted by molar-refractivity contribution is -0.137. The van der Waals surface area contributed by atoms with E-state index < -0.39 is 11.7 Å². The average Bonchev–Trinajstić information content (AvgIpc) is 2.16. The normalized spacial score (nSPS) is 12.0. The molecule has 1 aromatic heterocycles. The summed E-state index contributed by atoms with van der Waals surface area (Å²) >= 11 is 1.92. The van der Waals surface area contributed by atoms with Crippen molar-refractivity contribution in [2.45, 2.75) is 6.18 Å². The summed E-state index contributed by atoms with van der Waals surface area (Å²) < 4.78 is 37.9. The van der Waals surface area contributed by atoms with Gasteiger partial charge < -0.3 is 0 Å². The van der Waals surface area contributed by atoms with Crippen molar-refractivity contribution in [1.82, 2.24) is 4.98 Å². The van der Waals surface area contributed by atoms with Gasteiger partial charge in [0.15, 0.2) is 0 Å². The predicted octanol–water partition coefficient (Wildman–Crippen LogP) is 3.86. The van der Waals surface area contributed by atoms with E-state index in [4.69, 9.17) is 0 Å². The molecule has 0 saturated heterocycles. The van der Waals surface area contributed by atoms with Crippen LogP contribution < -0.4 is 0 Å². The molecule has 15 heavy (non-hydrogen) atoms. The maximum absolute atomic E-state index is 12.4. The third kappa shape index (κ3) is 2.06. The lowest BCUT2D eigenvalue weighted by Crippen LogP contribution is -2.04. The van der Waals surface area contributed by atoms with Crippen molar-refractivity contribution >= 4 is 33.4 Å². The highest BCUT2D eigenvalue weighted by Crippen LogP contribution is 2.32. The van der Waals surface area contributed by atoms with Gasteiger partial charge in [0.25, 0.3) is 0 Å². The molecule has 0 bridgehead atoms. The quantitative estimate of drug-likeness (QED) is 0.530. The van der Waals surface area contributed by atoms with Crippen LogP contribution in [0.1, 0.15) is 5.56 Å². The molecule has 0 fully saturated rings. The number of pyridine rings is 1. The van der Waals surface area contributed by atoms with E-state index in [0.717, 1.165) is 17.5 Å². The van der Waals surface area contributed by atoms with Crippen LogP contribution in [0.5, 0.6) is 0 Å². The van der Waals surface area contributed by atoms with Crippen molar-refractivity contribution in [3.05, 3.63) is 39.7 Å². The van der Waals surface area contributed by atoms with Crippen molar-refractivity contribution in [2.75, 3.05) is 0 Å². The van der Waals surface area contributed by atoms with Gasteiger partial charge >= 0.3 is 6.18 Å². The summed E-state index contributed by atoms with van der Waals surface area (Å²) in [5.74, 6) is 0. The van der Waals surface area contributed by atoms with Gasteiger partial charge in [-0.25, -0.2) is 4.98 Å². The Morgan fingerprint density at radius 1 is 1.13 bits per heavy atom. The molecular weight excluding hydrogens is 318 g/mol. The monoisotopic (exact) mass is 323 g/mol. The van der Waals surface area contributed by atoms with Gasteiger partial charge in [0.1, 0.15) is 3.70 Å². The summed E-state index contributed by atoms with van der Waals surface area (Å²) in [6.07, 6.45) is -2.72. The zero-order valence-corrected chi connectivity index (χ0v) is 9.50. The van der Waals surface area contributed by atoms with E-state index in [1.54, 1.807) is 12.3 Å². The van der Waals surface area contributed by atoms with Gasteiger partial charge in [-0.2, -0.15) is 13.2 Å². The Labute approximate surface area is 97.5 Å². The molecule has 0 radical (unpaired) electrons. The van der Waals surface area contributed by atoms with Crippen LogP contribution in [0.2, 0.25) is 0 Å². The van der Waals surface area contributed by atoms with Crippen molar-refractivity contribution in [3.63, 3.8) is 0 Å². The molecular formula is C10H5F3IN. The molecule has 0 aliphatic carbocycles. The van der Waals surface area contributed by atoms with Crippen LogP contribution in [-0.2, 0) is 6.18 Å². The molecule has 0 aliphatic heterocycles. The van der Waals surface area contributed by atoms with E-state index in [0.29, 0.717) is 9.09 Å². The maximum atomic E-state index is 12.4. The molecule has 2 rings (SSSR count). The number of alkyl halides is 3. The van der Waals surface area contributed by atoms with E-state index in [1.807, 2.05) is 22.6 Å². The van der Waals surface area contributed by atoms with Crippen LogP contribution in [0.3, 0.4) is 0 Å². The molecule has 0 atom stereocenters. The van der Waals surface area contributed by atoms with Gasteiger partial charge in [0.05, 0.1) is 5.56 Å². The number of hydrogen-bond donors (Lipinski definition) is 0. The Morgan fingerprint density at radius 2 is 1.87 bits per heavy atom. The average molecular weight is 323 g/mol. The van der Waals surface area contributed by atoms with E-state index in [1.165, 1.54) is 6.07 Å². The smallest absolute Gasteiger partial charge is 0.250 e. The third-order valence-corrected chi connectivity index (χ3v) is 2.90. The second kappa shape index (κ2) is 3.62. The van der Waals surface area contributed by atoms with Crippen molar-refractivity contribution in [3.8, 4) is 0 Å². The molecule has 5 heteroatoms. The van der Waals surface area contributed by atoms with E-state index >= 15 is 0 Å². The minimum Gasteiger partial charge on any atom is -0.250 e. The van der Waals surface area contributed by atoms with Crippen LogP contribution in [0.15, 0.2) is 30.5 Å². The third-order valence-electron chi connectivity index (χ3n) is 2.04. The number of nitrogens with zero attached hydrogens (tertiary/aromatic N) is 1. The van der Waals surface area contributed by atoms with Gasteiger partial charge in [0.2, 0.25) is 0 Å². The van der Waals surface area contributed by atoms with E-state index in [2.05, 4.69) is 4.98 Å². The number of aromatic nitrogens is 1. The number of benzene rings is 1. The van der Waals surface area contributed by atoms with Crippen molar-refractivity contribution in [1.29, 1.82) is 0 Å². The first kappa shape index (κ1) is 10.7. The van der Waals surface area contributed by atoms with Gasteiger partial charge in [-0.3, -0.25) is 0 Å². The highest BCUT2D eigenvalue weighted by Gasteiger charge is 2.30. The maximum Gasteiger partial charge on any atom is 0.416 e. The number of rotatable bonds is 0. The fraction of sp³-hybridized carbons (Fsp3) is 0.100. The largest absolute Gasteiger partial charge is 0.416 e. The summed E-state index contributed by atoms with van der Waals surface area (Å²) in [6, 6.07) is 5.36. The summed E-state index contributed by atoms with van der Waals surface area (Å²) in [4.78, 5) is 3.95. The Hall–Kier alpha value is -0.850. The minimum atomic E-state index is -4.30. The first-order valence-electron chi connectivity index (χ1n) is 4.10. The van der Waals surface area contributed by atoms with Crippen LogP contribution in [0, 0.1) is 3.70 Å². The molecule has 1 nitrogen and oxygen atoms in total. The molecule has 0 amide bonds. The Balaban J connectivity index is 2.70. The summed E-state index contributed by atoms with van der Waals surface area (Å²) in [5.41, 5.74) is -0.638. The topological polar surface area (TPSA) is 12.9 Å². The molecule has 2 aromatic rings. The van der Waals surface area contributed by atoms with Crippen LogP contribution >= 0.6 is 22.6 Å². The van der Waals surface area contributed by atoms with E-state index in [-0.39, 0.29) is 0 Å². The lowest BCUT2D eigenvalue weighted by Gasteiger charge is -2.07. The number of halogens is 4. The van der Waals surface area contributed by atoms with Gasteiger partial charge in [0, 0.05) is 11.6 Å². The SMILES string of the molecule is FC(F)(F)c1ccc2ccnc(I)c2c1. The van der Waals surface area contributed by atoms with Gasteiger partial charge in [-0.05, 0) is 46.2 Å². The fourth-order valence-corrected chi connectivity index (χ4v) is 1.94. The predicted molar refractivity (Wildman–Crippen MR) is 59.5 cm³/mol. The van der Waals surface area contributed by atoms with Crippen molar-refractivity contribution in [2.24, 2.45) is 0 Å². The first-order chi connectivity index (χ1) is 6.98. The van der Waals surface area contributed by atoms with Gasteiger partial charge in [-0.1, -0.05) is 6.07 Å². The zero-order valence-electron chi connectivity index (χ0n) is 7.35. The van der Waals surface area contributed by atoms with E-state index in [9.17, 15) is 13.2 Å². The van der Waals surface area contributed by atoms with Crippen LogP contribution in [0.4, 0.5) is 13.2 Å². The highest BCUT2D eigenvalue weighted by molar-refractivity contribution is 14.1. The molecule has 0 saturated carbocycles. The molecule has 1 aromatic carbocycles. The summed E-state index contributed by atoms with van der Waals surface area (Å²) in [6.45, 7) is 0. The Kier molecular flexibility index (Phi) is 2.57. The van der Waals surface area contributed by atoms with Crippen LogP contribution in [-0.4, -0.2) is 4.98 Å². The number of fused-ring (bicyclic) bond motifs is 1. The lowest BCUT2D eigenvalue weighted by atomic mass is 10.1. The zero-order chi connectivity index (χ0) is 11.1. The Morgan fingerprint density at radius 3 is 2.53 bits per heavy atom. The first-order valence-corrected chi connectivity index (χ1v) is 5.18. The highest BCUT2D eigenvalue weighted by atomic mass is 127. The second-order valence-corrected chi connectivity index (χ2v) is 4.06. The van der Waals surface area contributed by atoms with Crippen molar-refractivity contribution < 1.29 is 13.2 Å². The van der Waals surface area contributed by atoms with Crippen LogP contribution in [0.25, 0.3) is 10.8 Å². The molecule has 1 heterocycles. The minimum absolute atomic E-state index is 0.535. The summed E-state index contributed by atoms with van der Waals surface area (Å²) in [5, 5.41) is 1.30. The van der Waals surface area contributed by atoms with Gasteiger partial charge in [-0.15, -0.1) is 0 Å². The standard InChI is InChI=1S/C10H5F3IN/c11-10(12,13)7-2-1-6-3-4-15-9(14)8(6)5-7/h1-5H. The molecule has 78 valence electrons. The number of hydrogen-bond acceptors (Lipinski definition) is 1. The molecule has 0 N–H and O–H groups in total. The molecule has 0 aliphatic rings. The fourth-order valence-electron chi connectivity index (χ4n) is 1.31. The Bertz CT molecular complexity index is 507. The molecule has 0 unspecified atom stereocenters. The summed E-state index contributed by atoms with van der Waals surface area (Å²) in [7, 11) is 0.